The Morgan fingerprint density at radius 3 is 2.03 bits per heavy atom. The Labute approximate surface area is 188 Å². The lowest BCUT2D eigenvalue weighted by Crippen LogP contribution is -2.37. The van der Waals surface area contributed by atoms with E-state index in [1.807, 2.05) is 0 Å². The molecule has 0 aliphatic rings. The molecule has 0 bridgehead atoms. The standard InChI is InChI=1S/C23H20F3NO5S/c1-15(2)20-13-12-19(14-21(20)22(28)29)33(30,31)27(32-23(24,25)26)18-10-8-17(9-11-18)16-6-4-3-5-7-16/h3-15H,1-2H3,(H,28,29). The van der Waals surface area contributed by atoms with Crippen LogP contribution in [-0.4, -0.2) is 25.9 Å². The fraction of sp³-hybridized carbons (Fsp3) is 0.174. The predicted molar refractivity (Wildman–Crippen MR) is 116 cm³/mol. The Bertz CT molecular complexity index is 1240. The SMILES string of the molecule is CC(C)c1ccc(S(=O)(=O)N(OC(F)(F)F)c2ccc(-c3ccccc3)cc2)cc1C(=O)O. The van der Waals surface area contributed by atoms with E-state index in [9.17, 15) is 31.5 Å². The number of benzene rings is 3. The van der Waals surface area contributed by atoms with Crippen molar-refractivity contribution >= 4 is 21.7 Å². The number of carboxylic acids is 1. The van der Waals surface area contributed by atoms with Gasteiger partial charge in [-0.25, -0.2) is 4.79 Å². The average Bonchev–Trinajstić information content (AvgIpc) is 2.77. The molecule has 10 heteroatoms. The van der Waals surface area contributed by atoms with Gasteiger partial charge in [0, 0.05) is 0 Å². The van der Waals surface area contributed by atoms with E-state index in [0.717, 1.165) is 17.7 Å². The zero-order valence-electron chi connectivity index (χ0n) is 17.6. The largest absolute Gasteiger partial charge is 0.544 e. The first-order chi connectivity index (χ1) is 15.4. The van der Waals surface area contributed by atoms with Gasteiger partial charge < -0.3 is 5.11 Å². The quantitative estimate of drug-likeness (QED) is 0.432. The summed E-state index contributed by atoms with van der Waals surface area (Å²) in [5.74, 6) is -1.65. The van der Waals surface area contributed by atoms with Crippen LogP contribution in [0.4, 0.5) is 18.9 Å². The molecule has 0 heterocycles. The van der Waals surface area contributed by atoms with E-state index in [4.69, 9.17) is 0 Å². The Hall–Kier alpha value is -3.37. The Balaban J connectivity index is 2.09. The summed E-state index contributed by atoms with van der Waals surface area (Å²) >= 11 is 0. The summed E-state index contributed by atoms with van der Waals surface area (Å²) in [5.41, 5.74) is 1.05. The Morgan fingerprint density at radius 1 is 0.939 bits per heavy atom. The van der Waals surface area contributed by atoms with Gasteiger partial charge in [-0.05, 0) is 46.9 Å². The number of halogens is 3. The third kappa shape index (κ3) is 5.52. The Kier molecular flexibility index (Phi) is 6.80. The molecular weight excluding hydrogens is 459 g/mol. The molecular formula is C23H20F3NO5S. The van der Waals surface area contributed by atoms with Crippen molar-refractivity contribution in [3.63, 3.8) is 0 Å². The number of rotatable bonds is 7. The van der Waals surface area contributed by atoms with Crippen LogP contribution in [0.15, 0.2) is 77.7 Å². The van der Waals surface area contributed by atoms with Crippen molar-refractivity contribution in [2.75, 3.05) is 4.47 Å². The van der Waals surface area contributed by atoms with Crippen LogP contribution in [-0.2, 0) is 14.9 Å². The molecule has 3 aromatic rings. The molecule has 0 saturated heterocycles. The van der Waals surface area contributed by atoms with Crippen LogP contribution >= 0.6 is 0 Å². The fourth-order valence-electron chi connectivity index (χ4n) is 3.22. The second-order valence-electron chi connectivity index (χ2n) is 7.39. The van der Waals surface area contributed by atoms with E-state index in [0.29, 0.717) is 11.1 Å². The van der Waals surface area contributed by atoms with E-state index in [1.165, 1.54) is 30.3 Å². The highest BCUT2D eigenvalue weighted by atomic mass is 32.2. The minimum absolute atomic E-state index is 0.249. The molecule has 0 atom stereocenters. The molecule has 174 valence electrons. The van der Waals surface area contributed by atoms with Crippen molar-refractivity contribution in [2.45, 2.75) is 31.0 Å². The normalized spacial score (nSPS) is 12.1. The summed E-state index contributed by atoms with van der Waals surface area (Å²) in [6, 6.07) is 17.4. The van der Waals surface area contributed by atoms with E-state index >= 15 is 0 Å². The molecule has 3 aromatic carbocycles. The van der Waals surface area contributed by atoms with Crippen LogP contribution in [0.25, 0.3) is 11.1 Å². The highest BCUT2D eigenvalue weighted by Gasteiger charge is 2.40. The summed E-state index contributed by atoms with van der Waals surface area (Å²) in [6.07, 6.45) is -5.32. The van der Waals surface area contributed by atoms with Crippen LogP contribution < -0.4 is 4.47 Å². The monoisotopic (exact) mass is 479 g/mol. The molecule has 0 fully saturated rings. The van der Waals surface area contributed by atoms with Gasteiger partial charge in [-0.2, -0.15) is 13.3 Å². The highest BCUT2D eigenvalue weighted by Crippen LogP contribution is 2.33. The molecule has 0 spiro atoms. The zero-order valence-corrected chi connectivity index (χ0v) is 18.4. The molecule has 0 saturated carbocycles. The molecule has 0 unspecified atom stereocenters. The van der Waals surface area contributed by atoms with Crippen molar-refractivity contribution in [3.05, 3.63) is 83.9 Å². The molecule has 33 heavy (non-hydrogen) atoms. The van der Waals surface area contributed by atoms with E-state index in [2.05, 4.69) is 4.84 Å². The summed E-state index contributed by atoms with van der Waals surface area (Å²) in [6.45, 7) is 3.42. The maximum atomic E-state index is 13.1. The molecule has 1 N–H and O–H groups in total. The van der Waals surface area contributed by atoms with Gasteiger partial charge in [-0.3, -0.25) is 0 Å². The van der Waals surface area contributed by atoms with E-state index in [-0.39, 0.29) is 15.9 Å². The van der Waals surface area contributed by atoms with Gasteiger partial charge in [0.05, 0.1) is 16.1 Å². The zero-order chi connectivity index (χ0) is 24.4. The van der Waals surface area contributed by atoms with Crippen molar-refractivity contribution < 1.29 is 36.3 Å². The van der Waals surface area contributed by atoms with Gasteiger partial charge >= 0.3 is 12.3 Å². The summed E-state index contributed by atoms with van der Waals surface area (Å²) in [4.78, 5) is 14.8. The van der Waals surface area contributed by atoms with E-state index < -0.39 is 32.9 Å². The minimum Gasteiger partial charge on any atom is -0.478 e. The maximum Gasteiger partial charge on any atom is 0.544 e. The smallest absolute Gasteiger partial charge is 0.478 e. The number of hydrogen-bond acceptors (Lipinski definition) is 4. The van der Waals surface area contributed by atoms with Crippen molar-refractivity contribution in [1.29, 1.82) is 0 Å². The molecule has 6 nitrogen and oxygen atoms in total. The van der Waals surface area contributed by atoms with Crippen LogP contribution in [0.3, 0.4) is 0 Å². The number of nitrogens with zero attached hydrogens (tertiary/aromatic N) is 1. The summed E-state index contributed by atoms with van der Waals surface area (Å²) in [7, 11) is -4.94. The van der Waals surface area contributed by atoms with E-state index in [1.54, 1.807) is 44.2 Å². The number of alkyl halides is 3. The number of carbonyl (C=O) groups is 1. The number of sulfonamides is 1. The van der Waals surface area contributed by atoms with Crippen LogP contribution in [0.2, 0.25) is 0 Å². The molecule has 0 amide bonds. The number of hydrogen-bond donors (Lipinski definition) is 1. The van der Waals surface area contributed by atoms with Gasteiger partial charge in [-0.1, -0.05) is 62.4 Å². The summed E-state index contributed by atoms with van der Waals surface area (Å²) < 4.78 is 65.4. The molecule has 0 aliphatic carbocycles. The second kappa shape index (κ2) is 9.24. The van der Waals surface area contributed by atoms with Gasteiger partial charge in [0.1, 0.15) is 0 Å². The first-order valence-corrected chi connectivity index (χ1v) is 11.2. The van der Waals surface area contributed by atoms with Gasteiger partial charge in [0.15, 0.2) is 0 Å². The van der Waals surface area contributed by atoms with Crippen molar-refractivity contribution in [1.82, 2.24) is 0 Å². The Morgan fingerprint density at radius 2 is 1.52 bits per heavy atom. The van der Waals surface area contributed by atoms with Gasteiger partial charge in [-0.15, -0.1) is 17.6 Å². The summed E-state index contributed by atoms with van der Waals surface area (Å²) in [5, 5.41) is 9.47. The number of carboxylic acid groups (broad SMARTS) is 1. The average molecular weight is 479 g/mol. The third-order valence-electron chi connectivity index (χ3n) is 4.77. The lowest BCUT2D eigenvalue weighted by atomic mass is 9.97. The molecule has 3 rings (SSSR count). The topological polar surface area (TPSA) is 83.9 Å². The lowest BCUT2D eigenvalue weighted by Gasteiger charge is -2.24. The second-order valence-corrected chi connectivity index (χ2v) is 9.14. The van der Waals surface area contributed by atoms with Gasteiger partial charge in [0.25, 0.3) is 10.0 Å². The molecule has 0 aromatic heterocycles. The molecule has 0 radical (unpaired) electrons. The minimum atomic E-state index is -5.32. The van der Waals surface area contributed by atoms with Crippen molar-refractivity contribution in [2.24, 2.45) is 0 Å². The van der Waals surface area contributed by atoms with Crippen molar-refractivity contribution in [3.8, 4) is 11.1 Å². The number of aromatic carboxylic acids is 1. The van der Waals surface area contributed by atoms with Crippen LogP contribution in [0.1, 0.15) is 35.7 Å². The fourth-order valence-corrected chi connectivity index (χ4v) is 4.50. The van der Waals surface area contributed by atoms with Crippen LogP contribution in [0, 0.1) is 0 Å². The van der Waals surface area contributed by atoms with Crippen LogP contribution in [0.5, 0.6) is 0 Å². The van der Waals surface area contributed by atoms with Gasteiger partial charge in [0.2, 0.25) is 0 Å². The first kappa shape index (κ1) is 24.3. The lowest BCUT2D eigenvalue weighted by molar-refractivity contribution is -0.322. The predicted octanol–water partition coefficient (Wildman–Crippen LogP) is 5.82. The molecule has 0 aliphatic heterocycles. The maximum absolute atomic E-state index is 13.1. The first-order valence-electron chi connectivity index (χ1n) is 9.74. The highest BCUT2D eigenvalue weighted by molar-refractivity contribution is 7.92. The number of anilines is 1. The third-order valence-corrected chi connectivity index (χ3v) is 6.34.